The van der Waals surface area contributed by atoms with E-state index in [2.05, 4.69) is 9.97 Å². The highest BCUT2D eigenvalue weighted by molar-refractivity contribution is 5.71. The van der Waals surface area contributed by atoms with Gasteiger partial charge in [0.2, 0.25) is 5.95 Å². The van der Waals surface area contributed by atoms with Crippen molar-refractivity contribution in [3.05, 3.63) is 20.8 Å². The minimum atomic E-state index is -1.12. The third-order valence-corrected chi connectivity index (χ3v) is 4.50. The molecule has 0 amide bonds. The minimum absolute atomic E-state index is 0.0485. The Morgan fingerprint density at radius 3 is 2.73 bits per heavy atom. The second-order valence-electron chi connectivity index (χ2n) is 6.58. The molecule has 1 saturated heterocycles. The number of nitrogens with two attached hydrogens (primary N) is 1. The van der Waals surface area contributed by atoms with Gasteiger partial charge in [-0.2, -0.15) is 4.98 Å². The third kappa shape index (κ3) is 3.03. The van der Waals surface area contributed by atoms with Crippen molar-refractivity contribution in [2.75, 3.05) is 5.73 Å². The number of fused-ring (bicyclic) bond motifs is 1. The van der Waals surface area contributed by atoms with E-state index >= 15 is 0 Å². The smallest absolute Gasteiger partial charge is 0.332 e. The van der Waals surface area contributed by atoms with Gasteiger partial charge >= 0.3 is 5.69 Å². The Labute approximate surface area is 147 Å². The summed E-state index contributed by atoms with van der Waals surface area (Å²) in [6.07, 6.45) is -3.99. The normalized spacial score (nSPS) is 25.7. The monoisotopic (exact) mass is 369 g/mol. The van der Waals surface area contributed by atoms with Gasteiger partial charge in [-0.15, -0.1) is 0 Å². The van der Waals surface area contributed by atoms with Crippen LogP contribution in [-0.2, 0) is 11.3 Å². The molecule has 2 unspecified atom stereocenters. The van der Waals surface area contributed by atoms with Crippen LogP contribution in [0.1, 0.15) is 32.9 Å². The molecule has 1 aliphatic rings. The number of aromatic nitrogens is 4. The van der Waals surface area contributed by atoms with E-state index in [1.54, 1.807) is 6.92 Å². The number of imidazole rings is 1. The lowest BCUT2D eigenvalue weighted by Gasteiger charge is -2.18. The molecule has 11 heteroatoms. The summed E-state index contributed by atoms with van der Waals surface area (Å²) in [6, 6.07) is 0. The highest BCUT2D eigenvalue weighted by Gasteiger charge is 2.40. The number of hydrogen-bond donors (Lipinski definition) is 5. The minimum Gasteiger partial charge on any atom is -0.392 e. The first kappa shape index (κ1) is 18.6. The quantitative estimate of drug-likeness (QED) is 0.414. The van der Waals surface area contributed by atoms with Crippen LogP contribution in [0.15, 0.2) is 9.59 Å². The first-order valence-electron chi connectivity index (χ1n) is 8.44. The standard InChI is InChI=1S/C15H23N5O6/c1-3-7(22)9-4-8(23)13(26-9)20-11-10(12(24)18-14(16)17-11)19(15(20)25)5-6(2)21/h6-9,13,21-23H,3-5H2,1-2H3,(H3,16,17,18,24)/t6?,7?,8-,9+,13-/m1/s1. The summed E-state index contributed by atoms with van der Waals surface area (Å²) in [4.78, 5) is 31.5. The third-order valence-electron chi connectivity index (χ3n) is 4.50. The molecule has 1 aliphatic heterocycles. The van der Waals surface area contributed by atoms with Crippen LogP contribution >= 0.6 is 0 Å². The first-order chi connectivity index (χ1) is 12.2. The largest absolute Gasteiger partial charge is 0.392 e. The zero-order valence-corrected chi connectivity index (χ0v) is 14.5. The van der Waals surface area contributed by atoms with Gasteiger partial charge in [0.15, 0.2) is 17.4 Å². The van der Waals surface area contributed by atoms with Crippen LogP contribution in [0.4, 0.5) is 5.95 Å². The highest BCUT2D eigenvalue weighted by Crippen LogP contribution is 2.32. The second-order valence-corrected chi connectivity index (χ2v) is 6.58. The molecule has 0 bridgehead atoms. The van der Waals surface area contributed by atoms with E-state index in [0.717, 1.165) is 9.13 Å². The fraction of sp³-hybridized carbons (Fsp3) is 0.667. The number of hydrogen-bond acceptors (Lipinski definition) is 8. The van der Waals surface area contributed by atoms with Gasteiger partial charge in [-0.3, -0.25) is 14.3 Å². The van der Waals surface area contributed by atoms with E-state index in [-0.39, 0.29) is 30.1 Å². The molecule has 0 aliphatic carbocycles. The lowest BCUT2D eigenvalue weighted by atomic mass is 10.1. The molecule has 3 heterocycles. The van der Waals surface area contributed by atoms with Crippen molar-refractivity contribution in [1.29, 1.82) is 0 Å². The van der Waals surface area contributed by atoms with E-state index < -0.39 is 41.9 Å². The van der Waals surface area contributed by atoms with Crippen molar-refractivity contribution in [1.82, 2.24) is 19.1 Å². The maximum absolute atomic E-state index is 12.9. The average Bonchev–Trinajstić information content (AvgIpc) is 3.05. The summed E-state index contributed by atoms with van der Waals surface area (Å²) < 4.78 is 7.82. The van der Waals surface area contributed by atoms with E-state index in [9.17, 15) is 24.9 Å². The van der Waals surface area contributed by atoms with E-state index in [1.807, 2.05) is 0 Å². The molecule has 144 valence electrons. The van der Waals surface area contributed by atoms with Crippen molar-refractivity contribution < 1.29 is 20.1 Å². The maximum atomic E-state index is 12.9. The molecule has 2 aromatic rings. The molecule has 11 nitrogen and oxygen atoms in total. The first-order valence-corrected chi connectivity index (χ1v) is 8.44. The zero-order valence-electron chi connectivity index (χ0n) is 14.5. The molecule has 3 rings (SSSR count). The van der Waals surface area contributed by atoms with Crippen molar-refractivity contribution in [3.8, 4) is 0 Å². The zero-order chi connectivity index (χ0) is 19.2. The molecular formula is C15H23N5O6. The number of nitrogens with one attached hydrogen (secondary N) is 1. The molecule has 0 aromatic carbocycles. The lowest BCUT2D eigenvalue weighted by Crippen LogP contribution is -2.34. The Bertz CT molecular complexity index is 916. The summed E-state index contributed by atoms with van der Waals surface area (Å²) >= 11 is 0. The lowest BCUT2D eigenvalue weighted by molar-refractivity contribution is -0.0760. The van der Waals surface area contributed by atoms with Gasteiger partial charge in [0.25, 0.3) is 5.56 Å². The van der Waals surface area contributed by atoms with Crippen LogP contribution < -0.4 is 17.0 Å². The van der Waals surface area contributed by atoms with Gasteiger partial charge in [-0.05, 0) is 13.3 Å². The predicted octanol–water partition coefficient (Wildman–Crippen LogP) is -1.73. The predicted molar refractivity (Wildman–Crippen MR) is 91.5 cm³/mol. The number of aliphatic hydroxyl groups excluding tert-OH is 3. The van der Waals surface area contributed by atoms with Gasteiger partial charge in [0.1, 0.15) is 6.10 Å². The van der Waals surface area contributed by atoms with Gasteiger partial charge in [0.05, 0.1) is 24.9 Å². The van der Waals surface area contributed by atoms with Crippen LogP contribution in [0.3, 0.4) is 0 Å². The number of ether oxygens (including phenoxy) is 1. The maximum Gasteiger partial charge on any atom is 0.332 e. The number of nitrogens with zero attached hydrogens (tertiary/aromatic N) is 3. The Hall–Kier alpha value is -2.21. The fourth-order valence-electron chi connectivity index (χ4n) is 3.29. The Balaban J connectivity index is 2.19. The fourth-order valence-corrected chi connectivity index (χ4v) is 3.29. The molecule has 5 atom stereocenters. The summed E-state index contributed by atoms with van der Waals surface area (Å²) in [6.45, 7) is 3.11. The second kappa shape index (κ2) is 6.83. The summed E-state index contributed by atoms with van der Waals surface area (Å²) in [7, 11) is 0. The van der Waals surface area contributed by atoms with E-state index in [0.29, 0.717) is 6.42 Å². The molecule has 0 saturated carbocycles. The van der Waals surface area contributed by atoms with Crippen molar-refractivity contribution in [3.63, 3.8) is 0 Å². The summed E-state index contributed by atoms with van der Waals surface area (Å²) in [5, 5.41) is 30.0. The summed E-state index contributed by atoms with van der Waals surface area (Å²) in [5.41, 5.74) is 4.18. The summed E-state index contributed by atoms with van der Waals surface area (Å²) in [5.74, 6) is -0.192. The topological polar surface area (TPSA) is 169 Å². The highest BCUT2D eigenvalue weighted by atomic mass is 16.5. The number of rotatable bonds is 5. The van der Waals surface area contributed by atoms with E-state index in [4.69, 9.17) is 10.5 Å². The van der Waals surface area contributed by atoms with Gasteiger partial charge in [0, 0.05) is 6.42 Å². The van der Waals surface area contributed by atoms with Crippen molar-refractivity contribution in [2.45, 2.75) is 63.9 Å². The van der Waals surface area contributed by atoms with Crippen LogP contribution in [0.25, 0.3) is 11.2 Å². The molecule has 26 heavy (non-hydrogen) atoms. The van der Waals surface area contributed by atoms with Gasteiger partial charge in [-0.25, -0.2) is 9.36 Å². The van der Waals surface area contributed by atoms with Gasteiger partial charge < -0.3 is 25.8 Å². The number of nitrogen functional groups attached to an aromatic ring is 1. The number of aromatic amines is 1. The average molecular weight is 369 g/mol. The van der Waals surface area contributed by atoms with Crippen molar-refractivity contribution >= 4 is 17.1 Å². The molecular weight excluding hydrogens is 346 g/mol. The number of aliphatic hydroxyl groups is 3. The van der Waals surface area contributed by atoms with Crippen molar-refractivity contribution in [2.24, 2.45) is 0 Å². The number of anilines is 1. The molecule has 1 fully saturated rings. The SMILES string of the molecule is CCC(O)[C@@H]1C[C@@H](O)[C@H](n2c(=O)n(CC(C)O)c3c(=O)[nH]c(N)nc32)O1. The molecule has 6 N–H and O–H groups in total. The Morgan fingerprint density at radius 2 is 2.12 bits per heavy atom. The molecule has 2 aromatic heterocycles. The van der Waals surface area contributed by atoms with E-state index in [1.165, 1.54) is 6.92 Å². The molecule has 0 spiro atoms. The van der Waals surface area contributed by atoms with Crippen LogP contribution in [0.2, 0.25) is 0 Å². The van der Waals surface area contributed by atoms with Crippen LogP contribution in [0, 0.1) is 0 Å². The Morgan fingerprint density at radius 1 is 1.42 bits per heavy atom. The van der Waals surface area contributed by atoms with Crippen LogP contribution in [0.5, 0.6) is 0 Å². The Kier molecular flexibility index (Phi) is 4.88. The van der Waals surface area contributed by atoms with Crippen LogP contribution in [-0.4, -0.2) is 58.8 Å². The van der Waals surface area contributed by atoms with Gasteiger partial charge in [-0.1, -0.05) is 6.92 Å². The molecule has 0 radical (unpaired) electrons. The number of H-pyrrole nitrogens is 1.